The smallest absolute Gasteiger partial charge is 0.211 e. The van der Waals surface area contributed by atoms with Crippen LogP contribution in [-0.2, 0) is 10.0 Å². The lowest BCUT2D eigenvalue weighted by atomic mass is 9.98. The quantitative estimate of drug-likeness (QED) is 0.532. The first-order chi connectivity index (χ1) is 13.2. The van der Waals surface area contributed by atoms with E-state index in [1.165, 1.54) is 11.8 Å². The monoisotopic (exact) mass is 410 g/mol. The average Bonchev–Trinajstić information content (AvgIpc) is 2.65. The predicted molar refractivity (Wildman–Crippen MR) is 114 cm³/mol. The van der Waals surface area contributed by atoms with Crippen molar-refractivity contribution >= 4 is 16.0 Å². The van der Waals surface area contributed by atoms with Crippen molar-refractivity contribution in [3.8, 4) is 5.75 Å². The number of ether oxygens (including phenoxy) is 1. The third kappa shape index (κ3) is 6.38. The summed E-state index contributed by atoms with van der Waals surface area (Å²) >= 11 is 0. The maximum atomic E-state index is 11.6. The van der Waals surface area contributed by atoms with E-state index in [2.05, 4.69) is 30.5 Å². The highest BCUT2D eigenvalue weighted by Crippen LogP contribution is 2.26. The van der Waals surface area contributed by atoms with Crippen molar-refractivity contribution in [1.29, 1.82) is 0 Å². The van der Waals surface area contributed by atoms with Crippen LogP contribution in [0.3, 0.4) is 0 Å². The van der Waals surface area contributed by atoms with Crippen molar-refractivity contribution in [2.75, 3.05) is 39.5 Å². The number of guanidine groups is 1. The lowest BCUT2D eigenvalue weighted by molar-refractivity contribution is 0.280. The molecule has 7 nitrogen and oxygen atoms in total. The molecule has 0 amide bonds. The summed E-state index contributed by atoms with van der Waals surface area (Å²) in [7, 11) is -1.40. The normalized spacial score (nSPS) is 18.0. The fraction of sp³-hybridized carbons (Fsp3) is 0.650. The molecule has 0 saturated carbocycles. The number of methoxy groups -OCH3 is 1. The molecule has 0 aliphatic carbocycles. The number of piperidine rings is 1. The molecule has 0 spiro atoms. The Bertz CT molecular complexity index is 772. The van der Waals surface area contributed by atoms with Gasteiger partial charge >= 0.3 is 0 Å². The minimum absolute atomic E-state index is 0.0414. The highest BCUT2D eigenvalue weighted by molar-refractivity contribution is 7.88. The molecule has 1 atom stereocenters. The highest BCUT2D eigenvalue weighted by Gasteiger charge is 2.24. The third-order valence-electron chi connectivity index (χ3n) is 5.10. The van der Waals surface area contributed by atoms with E-state index in [0.717, 1.165) is 36.7 Å². The molecule has 0 aromatic heterocycles. The topological polar surface area (TPSA) is 83.0 Å². The van der Waals surface area contributed by atoms with Gasteiger partial charge in [-0.15, -0.1) is 0 Å². The van der Waals surface area contributed by atoms with Crippen molar-refractivity contribution in [2.45, 2.75) is 39.7 Å². The maximum absolute atomic E-state index is 11.6. The molecule has 1 saturated heterocycles. The van der Waals surface area contributed by atoms with Gasteiger partial charge in [0, 0.05) is 31.7 Å². The van der Waals surface area contributed by atoms with Gasteiger partial charge in [0.2, 0.25) is 10.0 Å². The molecule has 8 heteroatoms. The molecule has 1 unspecified atom stereocenters. The van der Waals surface area contributed by atoms with Gasteiger partial charge in [-0.25, -0.2) is 12.7 Å². The van der Waals surface area contributed by atoms with E-state index in [1.807, 2.05) is 19.1 Å². The summed E-state index contributed by atoms with van der Waals surface area (Å²) in [4.78, 5) is 4.75. The van der Waals surface area contributed by atoms with Crippen LogP contribution in [0.1, 0.15) is 43.9 Å². The van der Waals surface area contributed by atoms with Crippen molar-refractivity contribution in [2.24, 2.45) is 10.9 Å². The van der Waals surface area contributed by atoms with Gasteiger partial charge < -0.3 is 15.4 Å². The number of rotatable bonds is 7. The van der Waals surface area contributed by atoms with E-state index >= 15 is 0 Å². The lowest BCUT2D eigenvalue weighted by Crippen LogP contribution is -2.40. The molecular formula is C20H34N4O3S. The summed E-state index contributed by atoms with van der Waals surface area (Å²) < 4.78 is 30.3. The van der Waals surface area contributed by atoms with Gasteiger partial charge in [-0.2, -0.15) is 0 Å². The van der Waals surface area contributed by atoms with E-state index in [4.69, 9.17) is 9.73 Å². The molecule has 1 aromatic rings. The van der Waals surface area contributed by atoms with E-state index in [0.29, 0.717) is 25.6 Å². The van der Waals surface area contributed by atoms with E-state index in [-0.39, 0.29) is 6.04 Å². The van der Waals surface area contributed by atoms with E-state index < -0.39 is 10.0 Å². The van der Waals surface area contributed by atoms with Gasteiger partial charge in [-0.3, -0.25) is 4.99 Å². The zero-order chi connectivity index (χ0) is 20.7. The van der Waals surface area contributed by atoms with Gasteiger partial charge in [0.25, 0.3) is 0 Å². The second-order valence-corrected chi connectivity index (χ2v) is 9.42. The molecule has 1 aromatic carbocycles. The SMILES string of the molecule is CCNC(=NCC1CCN(S(C)(=O)=O)CC1)NC(C)c1cc(C)ccc1OC. The minimum atomic E-state index is -3.08. The van der Waals surface area contributed by atoms with Gasteiger partial charge in [-0.05, 0) is 45.6 Å². The summed E-state index contributed by atoms with van der Waals surface area (Å²) in [5, 5.41) is 6.76. The first-order valence-electron chi connectivity index (χ1n) is 9.89. The van der Waals surface area contributed by atoms with Crippen LogP contribution in [0.2, 0.25) is 0 Å². The van der Waals surface area contributed by atoms with Gasteiger partial charge in [0.1, 0.15) is 5.75 Å². The standard InChI is InChI=1S/C20H34N4O3S/c1-6-21-20(22-14-17-9-11-24(12-10-17)28(5,25)26)23-16(3)18-13-15(2)7-8-19(18)27-4/h7-8,13,16-17H,6,9-12,14H2,1-5H3,(H2,21,22,23). The Balaban J connectivity index is 2.00. The third-order valence-corrected chi connectivity index (χ3v) is 6.40. The number of aliphatic imine (C=N–C) groups is 1. The number of benzene rings is 1. The molecule has 28 heavy (non-hydrogen) atoms. The first-order valence-corrected chi connectivity index (χ1v) is 11.7. The number of sulfonamides is 1. The number of hydrogen-bond acceptors (Lipinski definition) is 4. The second-order valence-electron chi connectivity index (χ2n) is 7.44. The fourth-order valence-electron chi connectivity index (χ4n) is 3.44. The molecule has 2 rings (SSSR count). The minimum Gasteiger partial charge on any atom is -0.496 e. The van der Waals surface area contributed by atoms with Crippen molar-refractivity contribution in [3.05, 3.63) is 29.3 Å². The molecule has 0 bridgehead atoms. The molecule has 1 fully saturated rings. The zero-order valence-electron chi connectivity index (χ0n) is 17.7. The largest absolute Gasteiger partial charge is 0.496 e. The molecule has 1 aliphatic heterocycles. The van der Waals surface area contributed by atoms with Crippen LogP contribution < -0.4 is 15.4 Å². The first kappa shape index (κ1) is 22.5. The van der Waals surface area contributed by atoms with Crippen LogP contribution in [-0.4, -0.2) is 58.2 Å². The Morgan fingerprint density at radius 3 is 2.61 bits per heavy atom. The Morgan fingerprint density at radius 1 is 1.36 bits per heavy atom. The van der Waals surface area contributed by atoms with E-state index in [1.54, 1.807) is 11.4 Å². The van der Waals surface area contributed by atoms with Crippen molar-refractivity contribution < 1.29 is 13.2 Å². The molecule has 158 valence electrons. The Morgan fingerprint density at radius 2 is 2.04 bits per heavy atom. The number of hydrogen-bond donors (Lipinski definition) is 2. The van der Waals surface area contributed by atoms with Crippen LogP contribution >= 0.6 is 0 Å². The van der Waals surface area contributed by atoms with Crippen LogP contribution in [0.15, 0.2) is 23.2 Å². The number of nitrogens with one attached hydrogen (secondary N) is 2. The molecule has 2 N–H and O–H groups in total. The molecular weight excluding hydrogens is 376 g/mol. The van der Waals surface area contributed by atoms with E-state index in [9.17, 15) is 8.42 Å². The number of aryl methyl sites for hydroxylation is 1. The molecule has 1 aliphatic rings. The Labute approximate surface area is 169 Å². The van der Waals surface area contributed by atoms with Gasteiger partial charge in [-0.1, -0.05) is 17.7 Å². The van der Waals surface area contributed by atoms with Crippen molar-refractivity contribution in [1.82, 2.24) is 14.9 Å². The fourth-order valence-corrected chi connectivity index (χ4v) is 4.31. The summed E-state index contributed by atoms with van der Waals surface area (Å²) in [6, 6.07) is 6.19. The molecule has 1 heterocycles. The Hall–Kier alpha value is -1.80. The predicted octanol–water partition coefficient (Wildman–Crippen LogP) is 2.29. The second kappa shape index (κ2) is 10.1. The van der Waals surface area contributed by atoms with Crippen LogP contribution in [0.4, 0.5) is 0 Å². The summed E-state index contributed by atoms with van der Waals surface area (Å²) in [6.45, 7) is 8.83. The van der Waals surface area contributed by atoms with Crippen LogP contribution in [0.5, 0.6) is 5.75 Å². The van der Waals surface area contributed by atoms with Gasteiger partial charge in [0.15, 0.2) is 5.96 Å². The zero-order valence-corrected chi connectivity index (χ0v) is 18.5. The summed E-state index contributed by atoms with van der Waals surface area (Å²) in [6.07, 6.45) is 2.97. The van der Waals surface area contributed by atoms with Crippen LogP contribution in [0, 0.1) is 12.8 Å². The maximum Gasteiger partial charge on any atom is 0.211 e. The average molecular weight is 411 g/mol. The van der Waals surface area contributed by atoms with Gasteiger partial charge in [0.05, 0.1) is 19.4 Å². The number of nitrogens with zero attached hydrogens (tertiary/aromatic N) is 2. The van der Waals surface area contributed by atoms with Crippen LogP contribution in [0.25, 0.3) is 0 Å². The highest BCUT2D eigenvalue weighted by atomic mass is 32.2. The van der Waals surface area contributed by atoms with Crippen molar-refractivity contribution in [3.63, 3.8) is 0 Å². The Kier molecular flexibility index (Phi) is 8.12. The molecule has 0 radical (unpaired) electrons. The summed E-state index contributed by atoms with van der Waals surface area (Å²) in [5.41, 5.74) is 2.28. The summed E-state index contributed by atoms with van der Waals surface area (Å²) in [5.74, 6) is 2.02. The lowest BCUT2D eigenvalue weighted by Gasteiger charge is -2.29.